The zero-order chi connectivity index (χ0) is 9.94. The molecule has 2 N–H and O–H groups in total. The minimum absolute atomic E-state index is 0.0215. The van der Waals surface area contributed by atoms with Crippen molar-refractivity contribution in [3.05, 3.63) is 12.7 Å². The van der Waals surface area contributed by atoms with Crippen molar-refractivity contribution in [3.8, 4) is 0 Å². The van der Waals surface area contributed by atoms with E-state index >= 15 is 0 Å². The number of aliphatic hydroxyl groups is 1. The molecule has 0 aliphatic rings. The van der Waals surface area contributed by atoms with Crippen molar-refractivity contribution in [1.82, 2.24) is 5.32 Å². The third kappa shape index (κ3) is 9.43. The van der Waals surface area contributed by atoms with Crippen molar-refractivity contribution in [1.29, 1.82) is 0 Å². The Kier molecular flexibility index (Phi) is 9.25. The monoisotopic (exact) mass is 203 g/mol. The average Bonchev–Trinajstić information content (AvgIpc) is 2.14. The second-order valence-corrected chi connectivity index (χ2v) is 3.69. The molecular weight excluding hydrogens is 186 g/mol. The Bertz CT molecular complexity index is 151. The minimum Gasteiger partial charge on any atom is -0.396 e. The van der Waals surface area contributed by atoms with Gasteiger partial charge in [0.25, 0.3) is 0 Å². The largest absolute Gasteiger partial charge is 0.396 e. The van der Waals surface area contributed by atoms with Crippen LogP contribution < -0.4 is 5.32 Å². The third-order valence-electron chi connectivity index (χ3n) is 1.37. The molecule has 0 rings (SSSR count). The summed E-state index contributed by atoms with van der Waals surface area (Å²) in [4.78, 5) is 11.0. The minimum atomic E-state index is 0.0215. The zero-order valence-electron chi connectivity index (χ0n) is 7.79. The molecule has 0 aromatic rings. The maximum Gasteiger partial charge on any atom is 0.220 e. The van der Waals surface area contributed by atoms with E-state index in [0.717, 1.165) is 11.5 Å². The molecule has 0 saturated heterocycles. The molecule has 3 nitrogen and oxygen atoms in total. The van der Waals surface area contributed by atoms with E-state index in [0.29, 0.717) is 19.4 Å². The van der Waals surface area contributed by atoms with Gasteiger partial charge in [-0.15, -0.1) is 6.58 Å². The number of hydrogen-bond donors (Lipinski definition) is 2. The van der Waals surface area contributed by atoms with Gasteiger partial charge in [-0.25, -0.2) is 0 Å². The van der Waals surface area contributed by atoms with Crippen molar-refractivity contribution in [2.75, 3.05) is 24.7 Å². The van der Waals surface area contributed by atoms with Gasteiger partial charge in [-0.1, -0.05) is 6.08 Å². The van der Waals surface area contributed by atoms with E-state index in [1.165, 1.54) is 0 Å². The Morgan fingerprint density at radius 1 is 1.62 bits per heavy atom. The zero-order valence-corrected chi connectivity index (χ0v) is 8.61. The number of carbonyl (C=O) groups excluding carboxylic acids is 1. The number of hydrogen-bond acceptors (Lipinski definition) is 3. The van der Waals surface area contributed by atoms with E-state index in [4.69, 9.17) is 5.11 Å². The fraction of sp³-hybridized carbons (Fsp3) is 0.667. The van der Waals surface area contributed by atoms with Gasteiger partial charge in [0.15, 0.2) is 0 Å². The first-order chi connectivity index (χ1) is 6.31. The topological polar surface area (TPSA) is 49.3 Å². The summed E-state index contributed by atoms with van der Waals surface area (Å²) in [5.74, 6) is 1.86. The summed E-state index contributed by atoms with van der Waals surface area (Å²) >= 11 is 1.74. The second kappa shape index (κ2) is 9.61. The summed E-state index contributed by atoms with van der Waals surface area (Å²) < 4.78 is 0. The third-order valence-corrected chi connectivity index (χ3v) is 2.33. The van der Waals surface area contributed by atoms with Crippen molar-refractivity contribution < 1.29 is 9.90 Å². The molecule has 0 unspecified atom stereocenters. The van der Waals surface area contributed by atoms with Crippen LogP contribution >= 0.6 is 11.8 Å². The SMILES string of the molecule is C=CCSCCNC(=O)CCCO. The summed E-state index contributed by atoms with van der Waals surface area (Å²) in [6.07, 6.45) is 2.81. The van der Waals surface area contributed by atoms with Gasteiger partial charge in [-0.3, -0.25) is 4.79 Å². The first-order valence-corrected chi connectivity index (χ1v) is 5.53. The number of nitrogens with one attached hydrogen (secondary N) is 1. The van der Waals surface area contributed by atoms with Gasteiger partial charge in [0.2, 0.25) is 5.91 Å². The Morgan fingerprint density at radius 3 is 3.00 bits per heavy atom. The van der Waals surface area contributed by atoms with E-state index < -0.39 is 0 Å². The van der Waals surface area contributed by atoms with E-state index in [1.807, 2.05) is 6.08 Å². The molecule has 0 spiro atoms. The van der Waals surface area contributed by atoms with Gasteiger partial charge in [0.1, 0.15) is 0 Å². The quantitative estimate of drug-likeness (QED) is 0.453. The van der Waals surface area contributed by atoms with E-state index in [9.17, 15) is 4.79 Å². The summed E-state index contributed by atoms with van der Waals surface area (Å²) in [6, 6.07) is 0. The van der Waals surface area contributed by atoms with Crippen molar-refractivity contribution in [2.45, 2.75) is 12.8 Å². The molecule has 0 aromatic carbocycles. The molecule has 0 aromatic heterocycles. The summed E-state index contributed by atoms with van der Waals surface area (Å²) in [5, 5.41) is 11.2. The lowest BCUT2D eigenvalue weighted by molar-refractivity contribution is -0.121. The molecule has 1 amide bonds. The molecule has 0 aliphatic carbocycles. The molecule has 0 heterocycles. The molecule has 0 bridgehead atoms. The molecule has 0 radical (unpaired) electrons. The van der Waals surface area contributed by atoms with Crippen LogP contribution in [0.1, 0.15) is 12.8 Å². The fourth-order valence-corrected chi connectivity index (χ4v) is 1.34. The highest BCUT2D eigenvalue weighted by Gasteiger charge is 1.98. The first kappa shape index (κ1) is 12.5. The van der Waals surface area contributed by atoms with Gasteiger partial charge in [0.05, 0.1) is 0 Å². The van der Waals surface area contributed by atoms with Crippen molar-refractivity contribution in [3.63, 3.8) is 0 Å². The van der Waals surface area contributed by atoms with Gasteiger partial charge < -0.3 is 10.4 Å². The van der Waals surface area contributed by atoms with Crippen LogP contribution in [0.5, 0.6) is 0 Å². The molecule has 13 heavy (non-hydrogen) atoms. The predicted octanol–water partition coefficient (Wildman–Crippen LogP) is 0.794. The van der Waals surface area contributed by atoms with Crippen LogP contribution in [-0.2, 0) is 4.79 Å². The number of amides is 1. The number of aliphatic hydroxyl groups excluding tert-OH is 1. The van der Waals surface area contributed by atoms with Crippen LogP contribution in [0, 0.1) is 0 Å². The first-order valence-electron chi connectivity index (χ1n) is 4.37. The molecule has 4 heteroatoms. The van der Waals surface area contributed by atoms with Gasteiger partial charge in [-0.2, -0.15) is 11.8 Å². The highest BCUT2D eigenvalue weighted by Crippen LogP contribution is 1.97. The molecule has 0 atom stereocenters. The van der Waals surface area contributed by atoms with Crippen LogP contribution in [-0.4, -0.2) is 35.7 Å². The lowest BCUT2D eigenvalue weighted by Gasteiger charge is -2.02. The highest BCUT2D eigenvalue weighted by molar-refractivity contribution is 7.99. The molecular formula is C9H17NO2S. The maximum atomic E-state index is 11.0. The van der Waals surface area contributed by atoms with Crippen LogP contribution in [0.15, 0.2) is 12.7 Å². The Morgan fingerprint density at radius 2 is 2.38 bits per heavy atom. The molecule has 0 saturated carbocycles. The van der Waals surface area contributed by atoms with Crippen LogP contribution in [0.3, 0.4) is 0 Å². The van der Waals surface area contributed by atoms with Crippen molar-refractivity contribution >= 4 is 17.7 Å². The fourth-order valence-electron chi connectivity index (χ4n) is 0.757. The van der Waals surface area contributed by atoms with Crippen LogP contribution in [0.25, 0.3) is 0 Å². The summed E-state index contributed by atoms with van der Waals surface area (Å²) in [5.41, 5.74) is 0. The maximum absolute atomic E-state index is 11.0. The van der Waals surface area contributed by atoms with E-state index in [2.05, 4.69) is 11.9 Å². The van der Waals surface area contributed by atoms with E-state index in [1.54, 1.807) is 11.8 Å². The highest BCUT2D eigenvalue weighted by atomic mass is 32.2. The van der Waals surface area contributed by atoms with Gasteiger partial charge in [0, 0.05) is 31.1 Å². The van der Waals surface area contributed by atoms with Gasteiger partial charge >= 0.3 is 0 Å². The number of carbonyl (C=O) groups is 1. The standard InChI is InChI=1S/C9H17NO2S/c1-2-7-13-8-5-10-9(12)4-3-6-11/h2,11H,1,3-8H2,(H,10,12). The van der Waals surface area contributed by atoms with Gasteiger partial charge in [-0.05, 0) is 6.42 Å². The van der Waals surface area contributed by atoms with Crippen LogP contribution in [0.4, 0.5) is 0 Å². The Labute approximate surface area is 83.6 Å². The summed E-state index contributed by atoms with van der Waals surface area (Å²) in [7, 11) is 0. The molecule has 76 valence electrons. The van der Waals surface area contributed by atoms with Crippen LogP contribution in [0.2, 0.25) is 0 Å². The number of thioether (sulfide) groups is 1. The van der Waals surface area contributed by atoms with E-state index in [-0.39, 0.29) is 12.5 Å². The molecule has 0 aliphatic heterocycles. The summed E-state index contributed by atoms with van der Waals surface area (Å²) in [6.45, 7) is 4.38. The smallest absolute Gasteiger partial charge is 0.220 e. The molecule has 0 fully saturated rings. The lowest BCUT2D eigenvalue weighted by atomic mass is 10.3. The van der Waals surface area contributed by atoms with Crippen molar-refractivity contribution in [2.24, 2.45) is 0 Å². The lowest BCUT2D eigenvalue weighted by Crippen LogP contribution is -2.25. The Hall–Kier alpha value is -0.480. The Balaban J connectivity index is 3.12. The average molecular weight is 203 g/mol. The number of rotatable bonds is 8. The predicted molar refractivity (Wildman–Crippen MR) is 56.9 cm³/mol. The normalized spacial score (nSPS) is 9.62. The second-order valence-electron chi connectivity index (χ2n) is 2.54.